The lowest BCUT2D eigenvalue weighted by molar-refractivity contribution is -0.384. The number of fused-ring (bicyclic) bond motifs is 1. The van der Waals surface area contributed by atoms with E-state index in [2.05, 4.69) is 15.5 Å². The van der Waals surface area contributed by atoms with E-state index in [9.17, 15) is 19.7 Å². The van der Waals surface area contributed by atoms with Gasteiger partial charge in [-0.1, -0.05) is 24.3 Å². The standard InChI is InChI=1S/C17H12N4O4/c22-16-13(8-11-4-1-2-7-15(11)19-16)10-18-20-17(23)12-5-3-6-14(9-12)21(24)25/h1-10H,(H,19,22)(H,20,23)/b18-10+. The molecule has 1 amide bonds. The largest absolute Gasteiger partial charge is 0.321 e. The molecular formula is C17H12N4O4. The highest BCUT2D eigenvalue weighted by Crippen LogP contribution is 2.13. The number of pyridine rings is 1. The minimum absolute atomic E-state index is 0.0961. The number of nitro benzene ring substituents is 1. The summed E-state index contributed by atoms with van der Waals surface area (Å²) in [4.78, 5) is 36.8. The van der Waals surface area contributed by atoms with E-state index >= 15 is 0 Å². The Morgan fingerprint density at radius 1 is 1.16 bits per heavy atom. The Balaban J connectivity index is 1.78. The first-order valence-electron chi connectivity index (χ1n) is 7.24. The van der Waals surface area contributed by atoms with Crippen molar-refractivity contribution in [1.82, 2.24) is 10.4 Å². The molecule has 0 radical (unpaired) electrons. The molecule has 0 saturated carbocycles. The van der Waals surface area contributed by atoms with Crippen molar-refractivity contribution in [2.24, 2.45) is 5.10 Å². The quantitative estimate of drug-likeness (QED) is 0.431. The number of non-ortho nitro benzene ring substituents is 1. The van der Waals surface area contributed by atoms with Crippen molar-refractivity contribution in [1.29, 1.82) is 0 Å². The molecule has 124 valence electrons. The average Bonchev–Trinajstić information content (AvgIpc) is 2.62. The van der Waals surface area contributed by atoms with Crippen molar-refractivity contribution in [3.05, 3.63) is 86.2 Å². The maximum absolute atomic E-state index is 12.0. The smallest absolute Gasteiger partial charge is 0.271 e. The van der Waals surface area contributed by atoms with Crippen LogP contribution < -0.4 is 11.0 Å². The van der Waals surface area contributed by atoms with Crippen LogP contribution in [0.5, 0.6) is 0 Å². The van der Waals surface area contributed by atoms with Crippen LogP contribution in [-0.2, 0) is 0 Å². The van der Waals surface area contributed by atoms with Crippen LogP contribution in [0.15, 0.2) is 64.5 Å². The number of nitrogens with zero attached hydrogens (tertiary/aromatic N) is 2. The Bertz CT molecular complexity index is 1060. The Morgan fingerprint density at radius 2 is 1.96 bits per heavy atom. The second-order valence-electron chi connectivity index (χ2n) is 5.15. The third kappa shape index (κ3) is 3.58. The van der Waals surface area contributed by atoms with E-state index in [0.717, 1.165) is 11.5 Å². The highest BCUT2D eigenvalue weighted by molar-refractivity contribution is 5.95. The summed E-state index contributed by atoms with van der Waals surface area (Å²) in [5.74, 6) is -0.614. The van der Waals surface area contributed by atoms with Gasteiger partial charge in [0.15, 0.2) is 0 Å². The van der Waals surface area contributed by atoms with Gasteiger partial charge in [0.05, 0.1) is 16.7 Å². The van der Waals surface area contributed by atoms with Crippen LogP contribution in [0, 0.1) is 10.1 Å². The second kappa shape index (κ2) is 6.75. The number of aromatic nitrogens is 1. The van der Waals surface area contributed by atoms with E-state index in [1.54, 1.807) is 12.1 Å². The van der Waals surface area contributed by atoms with Gasteiger partial charge in [0.25, 0.3) is 17.2 Å². The molecular weight excluding hydrogens is 324 g/mol. The Morgan fingerprint density at radius 3 is 2.76 bits per heavy atom. The van der Waals surface area contributed by atoms with E-state index in [0.29, 0.717) is 5.52 Å². The number of hydrogen-bond donors (Lipinski definition) is 2. The number of nitrogens with one attached hydrogen (secondary N) is 2. The van der Waals surface area contributed by atoms with E-state index in [1.165, 1.54) is 24.4 Å². The van der Waals surface area contributed by atoms with E-state index in [4.69, 9.17) is 0 Å². The molecule has 0 spiro atoms. The van der Waals surface area contributed by atoms with Gasteiger partial charge in [0.2, 0.25) is 0 Å². The number of para-hydroxylation sites is 1. The molecule has 0 atom stereocenters. The summed E-state index contributed by atoms with van der Waals surface area (Å²) in [6.45, 7) is 0. The summed E-state index contributed by atoms with van der Waals surface area (Å²) in [5.41, 5.74) is 2.78. The van der Waals surface area contributed by atoms with Crippen molar-refractivity contribution < 1.29 is 9.72 Å². The minimum atomic E-state index is -0.614. The third-order valence-electron chi connectivity index (χ3n) is 3.47. The predicted molar refractivity (Wildman–Crippen MR) is 92.7 cm³/mol. The molecule has 0 aliphatic heterocycles. The van der Waals surface area contributed by atoms with Crippen LogP contribution in [0.3, 0.4) is 0 Å². The Labute approximate surface area is 141 Å². The van der Waals surface area contributed by atoms with Crippen LogP contribution in [0.25, 0.3) is 10.9 Å². The van der Waals surface area contributed by atoms with Crippen LogP contribution in [-0.4, -0.2) is 22.0 Å². The average molecular weight is 336 g/mol. The molecule has 3 aromatic rings. The topological polar surface area (TPSA) is 117 Å². The lowest BCUT2D eigenvalue weighted by atomic mass is 10.2. The normalized spacial score (nSPS) is 10.9. The van der Waals surface area contributed by atoms with Gasteiger partial charge in [-0.3, -0.25) is 19.7 Å². The van der Waals surface area contributed by atoms with E-state index in [-0.39, 0.29) is 22.4 Å². The van der Waals surface area contributed by atoms with E-state index < -0.39 is 10.8 Å². The zero-order valence-electron chi connectivity index (χ0n) is 12.8. The van der Waals surface area contributed by atoms with Gasteiger partial charge in [0, 0.05) is 23.2 Å². The van der Waals surface area contributed by atoms with Gasteiger partial charge in [-0.15, -0.1) is 0 Å². The molecule has 1 aromatic heterocycles. The molecule has 8 nitrogen and oxygen atoms in total. The fraction of sp³-hybridized carbons (Fsp3) is 0. The number of hydrazone groups is 1. The van der Waals surface area contributed by atoms with Gasteiger partial charge in [-0.05, 0) is 23.6 Å². The SMILES string of the molecule is O=C(N/N=C/c1cc2ccccc2[nH]c1=O)c1cccc([N+](=O)[O-])c1. The van der Waals surface area contributed by atoms with Crippen molar-refractivity contribution in [2.75, 3.05) is 0 Å². The van der Waals surface area contributed by atoms with Gasteiger partial charge < -0.3 is 4.98 Å². The minimum Gasteiger partial charge on any atom is -0.321 e. The molecule has 2 N–H and O–H groups in total. The molecule has 0 unspecified atom stereocenters. The van der Waals surface area contributed by atoms with Crippen molar-refractivity contribution in [2.45, 2.75) is 0 Å². The first-order valence-corrected chi connectivity index (χ1v) is 7.24. The van der Waals surface area contributed by atoms with Crippen molar-refractivity contribution in [3.63, 3.8) is 0 Å². The first kappa shape index (κ1) is 16.1. The van der Waals surface area contributed by atoms with Crippen LogP contribution in [0.2, 0.25) is 0 Å². The molecule has 3 rings (SSSR count). The summed E-state index contributed by atoms with van der Waals surface area (Å²) >= 11 is 0. The maximum atomic E-state index is 12.0. The van der Waals surface area contributed by atoms with Gasteiger partial charge >= 0.3 is 0 Å². The fourth-order valence-electron chi connectivity index (χ4n) is 2.25. The number of aromatic amines is 1. The summed E-state index contributed by atoms with van der Waals surface area (Å²) in [6.07, 6.45) is 1.22. The monoisotopic (exact) mass is 336 g/mol. The number of hydrogen-bond acceptors (Lipinski definition) is 5. The molecule has 0 fully saturated rings. The molecule has 0 bridgehead atoms. The van der Waals surface area contributed by atoms with Gasteiger partial charge in [-0.2, -0.15) is 5.10 Å². The first-order chi connectivity index (χ1) is 12.0. The summed E-state index contributed by atoms with van der Waals surface area (Å²) in [6, 6.07) is 14.2. The zero-order valence-corrected chi connectivity index (χ0v) is 12.8. The molecule has 0 aliphatic carbocycles. The van der Waals surface area contributed by atoms with Crippen LogP contribution in [0.4, 0.5) is 5.69 Å². The second-order valence-corrected chi connectivity index (χ2v) is 5.15. The molecule has 0 saturated heterocycles. The number of benzene rings is 2. The molecule has 8 heteroatoms. The number of rotatable bonds is 4. The molecule has 1 heterocycles. The molecule has 2 aromatic carbocycles. The lowest BCUT2D eigenvalue weighted by Gasteiger charge is -2.01. The summed E-state index contributed by atoms with van der Waals surface area (Å²) < 4.78 is 0. The molecule has 25 heavy (non-hydrogen) atoms. The predicted octanol–water partition coefficient (Wildman–Crippen LogP) is 2.20. The lowest BCUT2D eigenvalue weighted by Crippen LogP contribution is -2.19. The maximum Gasteiger partial charge on any atom is 0.271 e. The number of carbonyl (C=O) groups excluding carboxylic acids is 1. The number of carbonyl (C=O) groups is 1. The number of H-pyrrole nitrogens is 1. The van der Waals surface area contributed by atoms with Crippen molar-refractivity contribution >= 4 is 28.7 Å². The number of nitro groups is 1. The van der Waals surface area contributed by atoms with E-state index in [1.807, 2.05) is 18.2 Å². The van der Waals surface area contributed by atoms with Gasteiger partial charge in [-0.25, -0.2) is 5.43 Å². The molecule has 0 aliphatic rings. The highest BCUT2D eigenvalue weighted by Gasteiger charge is 2.10. The Kier molecular flexibility index (Phi) is 4.34. The van der Waals surface area contributed by atoms with Gasteiger partial charge in [0.1, 0.15) is 0 Å². The van der Waals surface area contributed by atoms with Crippen molar-refractivity contribution in [3.8, 4) is 0 Å². The highest BCUT2D eigenvalue weighted by atomic mass is 16.6. The van der Waals surface area contributed by atoms with Crippen LogP contribution in [0.1, 0.15) is 15.9 Å². The zero-order chi connectivity index (χ0) is 17.8. The summed E-state index contributed by atoms with van der Waals surface area (Å²) in [7, 11) is 0. The van der Waals surface area contributed by atoms with Crippen LogP contribution >= 0.6 is 0 Å². The summed E-state index contributed by atoms with van der Waals surface area (Å²) in [5, 5.41) is 15.3. The number of amides is 1. The third-order valence-corrected chi connectivity index (χ3v) is 3.47. The fourth-order valence-corrected chi connectivity index (χ4v) is 2.25. The Hall–Kier alpha value is -3.81.